The van der Waals surface area contributed by atoms with Gasteiger partial charge in [-0.3, -0.25) is 4.79 Å². The van der Waals surface area contributed by atoms with E-state index in [-0.39, 0.29) is 42.7 Å². The molecule has 0 unspecified atom stereocenters. The molecule has 2 aliphatic carbocycles. The second-order valence-electron chi connectivity index (χ2n) is 10.9. The summed E-state index contributed by atoms with van der Waals surface area (Å²) in [5.41, 5.74) is 0.976. The van der Waals surface area contributed by atoms with Crippen LogP contribution in [0.5, 0.6) is 5.75 Å². The Labute approximate surface area is 209 Å². The molecule has 3 N–H and O–H groups in total. The van der Waals surface area contributed by atoms with Crippen molar-refractivity contribution in [1.82, 2.24) is 15.1 Å². The number of nitrogens with zero attached hydrogens (tertiary/aromatic N) is 2. The molecule has 0 aromatic heterocycles. The molecule has 1 aromatic rings. The Morgan fingerprint density at radius 3 is 2.63 bits per heavy atom. The van der Waals surface area contributed by atoms with Crippen molar-refractivity contribution in [2.75, 3.05) is 38.6 Å². The number of amides is 3. The van der Waals surface area contributed by atoms with Gasteiger partial charge in [0.25, 0.3) is 5.91 Å². The first-order valence-corrected chi connectivity index (χ1v) is 13.3. The summed E-state index contributed by atoms with van der Waals surface area (Å²) in [4.78, 5) is 30.2. The predicted octanol–water partition coefficient (Wildman–Crippen LogP) is 3.70. The number of fused-ring (bicyclic) bond motifs is 1. The van der Waals surface area contributed by atoms with E-state index in [1.54, 1.807) is 23.1 Å². The van der Waals surface area contributed by atoms with Gasteiger partial charge >= 0.3 is 6.03 Å². The minimum atomic E-state index is -0.313. The van der Waals surface area contributed by atoms with Gasteiger partial charge in [-0.2, -0.15) is 0 Å². The second-order valence-corrected chi connectivity index (χ2v) is 10.9. The first kappa shape index (κ1) is 25.8. The lowest BCUT2D eigenvalue weighted by Crippen LogP contribution is -2.50. The average Bonchev–Trinajstić information content (AvgIpc) is 3.65. The fraction of sp³-hybridized carbons (Fsp3) is 0.704. The fourth-order valence-corrected chi connectivity index (χ4v) is 5.24. The summed E-state index contributed by atoms with van der Waals surface area (Å²) in [5.74, 6) is 1.23. The van der Waals surface area contributed by atoms with Gasteiger partial charge in [-0.25, -0.2) is 4.79 Å². The SMILES string of the molecule is C[C@H]1CN([C@@H](C)CO)C(=O)c2cc(NC(=O)NC3CCCCC3)ccc2O[C@@H]1CN(C)CC1CC1. The Balaban J connectivity index is 1.53. The van der Waals surface area contributed by atoms with Crippen LogP contribution in [0.25, 0.3) is 0 Å². The number of aliphatic hydroxyl groups is 1. The molecule has 8 heteroatoms. The number of urea groups is 1. The maximum atomic E-state index is 13.6. The average molecular weight is 487 g/mol. The molecule has 0 radical (unpaired) electrons. The highest BCUT2D eigenvalue weighted by molar-refractivity contribution is 5.99. The lowest BCUT2D eigenvalue weighted by molar-refractivity contribution is 0.0344. The molecule has 2 fully saturated rings. The van der Waals surface area contributed by atoms with Gasteiger partial charge in [-0.05, 0) is 63.8 Å². The van der Waals surface area contributed by atoms with Gasteiger partial charge in [0.05, 0.1) is 18.2 Å². The largest absolute Gasteiger partial charge is 0.488 e. The van der Waals surface area contributed by atoms with Crippen LogP contribution in [0.3, 0.4) is 0 Å². The third kappa shape index (κ3) is 6.88. The summed E-state index contributed by atoms with van der Waals surface area (Å²) in [6.07, 6.45) is 8.04. The zero-order valence-electron chi connectivity index (χ0n) is 21.5. The lowest BCUT2D eigenvalue weighted by atomic mass is 9.96. The third-order valence-corrected chi connectivity index (χ3v) is 7.62. The van der Waals surface area contributed by atoms with E-state index in [0.717, 1.165) is 44.7 Å². The van der Waals surface area contributed by atoms with E-state index < -0.39 is 0 Å². The maximum Gasteiger partial charge on any atom is 0.319 e. The zero-order chi connectivity index (χ0) is 24.9. The molecular formula is C27H42N4O4. The third-order valence-electron chi connectivity index (χ3n) is 7.62. The van der Waals surface area contributed by atoms with Gasteiger partial charge in [0.1, 0.15) is 11.9 Å². The molecule has 4 rings (SSSR count). The van der Waals surface area contributed by atoms with Crippen LogP contribution in [0.2, 0.25) is 0 Å². The molecule has 3 amide bonds. The number of benzene rings is 1. The van der Waals surface area contributed by atoms with Crippen LogP contribution in [-0.4, -0.2) is 78.3 Å². The Hall–Kier alpha value is -2.32. The van der Waals surface area contributed by atoms with Crippen molar-refractivity contribution in [3.63, 3.8) is 0 Å². The number of hydrogen-bond donors (Lipinski definition) is 3. The molecule has 0 spiro atoms. The highest BCUT2D eigenvalue weighted by atomic mass is 16.5. The summed E-state index contributed by atoms with van der Waals surface area (Å²) >= 11 is 0. The predicted molar refractivity (Wildman–Crippen MR) is 137 cm³/mol. The summed E-state index contributed by atoms with van der Waals surface area (Å²) in [7, 11) is 2.13. The van der Waals surface area contributed by atoms with E-state index in [0.29, 0.717) is 23.5 Å². The smallest absolute Gasteiger partial charge is 0.319 e. The van der Waals surface area contributed by atoms with E-state index in [2.05, 4.69) is 29.5 Å². The number of anilines is 1. The molecule has 3 aliphatic rings. The van der Waals surface area contributed by atoms with Gasteiger partial charge < -0.3 is 30.3 Å². The van der Waals surface area contributed by atoms with Crippen LogP contribution >= 0.6 is 0 Å². The highest BCUT2D eigenvalue weighted by Gasteiger charge is 2.34. The zero-order valence-corrected chi connectivity index (χ0v) is 21.5. The number of rotatable bonds is 8. The molecule has 1 aliphatic heterocycles. The van der Waals surface area contributed by atoms with E-state index in [9.17, 15) is 14.7 Å². The first-order chi connectivity index (χ1) is 16.8. The number of aliphatic hydroxyl groups excluding tert-OH is 1. The number of nitrogens with one attached hydrogen (secondary N) is 2. The molecular weight excluding hydrogens is 444 g/mol. The number of carbonyl (C=O) groups is 2. The number of hydrogen-bond acceptors (Lipinski definition) is 5. The number of likely N-dealkylation sites (N-methyl/N-ethyl adjacent to an activating group) is 1. The van der Waals surface area contributed by atoms with Crippen LogP contribution in [0, 0.1) is 11.8 Å². The van der Waals surface area contributed by atoms with Crippen LogP contribution in [0.15, 0.2) is 18.2 Å². The summed E-state index contributed by atoms with van der Waals surface area (Å²) < 4.78 is 6.46. The Morgan fingerprint density at radius 1 is 1.20 bits per heavy atom. The van der Waals surface area contributed by atoms with Crippen molar-refractivity contribution in [1.29, 1.82) is 0 Å². The summed E-state index contributed by atoms with van der Waals surface area (Å²) in [6, 6.07) is 4.93. The highest BCUT2D eigenvalue weighted by Crippen LogP contribution is 2.32. The van der Waals surface area contributed by atoms with E-state index in [1.165, 1.54) is 19.3 Å². The minimum Gasteiger partial charge on any atom is -0.488 e. The van der Waals surface area contributed by atoms with Crippen molar-refractivity contribution in [3.05, 3.63) is 23.8 Å². The van der Waals surface area contributed by atoms with Gasteiger partial charge in [0.15, 0.2) is 0 Å². The minimum absolute atomic E-state index is 0.0904. The molecule has 8 nitrogen and oxygen atoms in total. The Morgan fingerprint density at radius 2 is 1.94 bits per heavy atom. The van der Waals surface area contributed by atoms with Crippen LogP contribution < -0.4 is 15.4 Å². The van der Waals surface area contributed by atoms with Crippen LogP contribution in [0.4, 0.5) is 10.5 Å². The molecule has 2 saturated carbocycles. The fourth-order valence-electron chi connectivity index (χ4n) is 5.24. The van der Waals surface area contributed by atoms with Crippen molar-refractivity contribution >= 4 is 17.6 Å². The molecule has 3 atom stereocenters. The molecule has 194 valence electrons. The van der Waals surface area contributed by atoms with Gasteiger partial charge in [-0.1, -0.05) is 26.2 Å². The molecule has 1 heterocycles. The standard InChI is InChI=1S/C27H42N4O4/c1-18-14-31(19(2)17-32)26(33)23-13-22(29-27(34)28-21-7-5-4-6-8-21)11-12-24(23)35-25(18)16-30(3)15-20-9-10-20/h11-13,18-21,25,32H,4-10,14-17H2,1-3H3,(H2,28,29,34)/t18-,19-,25+/m0/s1. The van der Waals surface area contributed by atoms with Crippen molar-refractivity contribution in [3.8, 4) is 5.75 Å². The van der Waals surface area contributed by atoms with Gasteiger partial charge in [0, 0.05) is 37.3 Å². The normalized spacial score (nSPS) is 24.3. The molecule has 1 aromatic carbocycles. The van der Waals surface area contributed by atoms with Crippen molar-refractivity contribution in [2.24, 2.45) is 11.8 Å². The lowest BCUT2D eigenvalue weighted by Gasteiger charge is -2.38. The molecule has 0 bridgehead atoms. The Kier molecular flexibility index (Phi) is 8.55. The van der Waals surface area contributed by atoms with Crippen molar-refractivity contribution < 1.29 is 19.4 Å². The van der Waals surface area contributed by atoms with Crippen LogP contribution in [-0.2, 0) is 0 Å². The number of ether oxygens (including phenoxy) is 1. The topological polar surface area (TPSA) is 94.1 Å². The van der Waals surface area contributed by atoms with Gasteiger partial charge in [0.2, 0.25) is 0 Å². The Bertz CT molecular complexity index is 884. The number of carbonyl (C=O) groups excluding carboxylic acids is 2. The first-order valence-electron chi connectivity index (χ1n) is 13.3. The van der Waals surface area contributed by atoms with E-state index >= 15 is 0 Å². The summed E-state index contributed by atoms with van der Waals surface area (Å²) in [6.45, 7) is 6.20. The second kappa shape index (κ2) is 11.6. The van der Waals surface area contributed by atoms with Crippen molar-refractivity contribution in [2.45, 2.75) is 77.0 Å². The van der Waals surface area contributed by atoms with Gasteiger partial charge in [-0.15, -0.1) is 0 Å². The van der Waals surface area contributed by atoms with Crippen LogP contribution in [0.1, 0.15) is 69.2 Å². The van der Waals surface area contributed by atoms with E-state index in [4.69, 9.17) is 4.74 Å². The maximum absolute atomic E-state index is 13.6. The quantitative estimate of drug-likeness (QED) is 0.521. The van der Waals surface area contributed by atoms with E-state index in [1.807, 2.05) is 6.92 Å². The molecule has 0 saturated heterocycles. The molecule has 35 heavy (non-hydrogen) atoms. The monoisotopic (exact) mass is 486 g/mol. The summed E-state index contributed by atoms with van der Waals surface area (Å²) in [5, 5.41) is 15.8.